The molecule has 0 aliphatic carbocycles. The number of para-hydroxylation sites is 1. The molecule has 0 spiro atoms. The molecule has 1 N–H and O–H groups in total. The molecule has 1 fully saturated rings. The summed E-state index contributed by atoms with van der Waals surface area (Å²) < 4.78 is 0. The van der Waals surface area contributed by atoms with Crippen LogP contribution in [0, 0.1) is 5.92 Å². The molecule has 4 heteroatoms. The van der Waals surface area contributed by atoms with Crippen LogP contribution in [0.25, 0.3) is 10.9 Å². The molecule has 1 aromatic carbocycles. The Labute approximate surface area is 149 Å². The quantitative estimate of drug-likeness (QED) is 0.852. The molecule has 132 valence electrons. The molecule has 1 amide bonds. The summed E-state index contributed by atoms with van der Waals surface area (Å²) in [5, 5.41) is 1.37. The van der Waals surface area contributed by atoms with Gasteiger partial charge >= 0.3 is 0 Å². The second-order valence-electron chi connectivity index (χ2n) is 7.59. The number of amides is 1. The van der Waals surface area contributed by atoms with Gasteiger partial charge in [0.2, 0.25) is 5.91 Å². The number of carbonyl (C=O) groups excluding carboxylic acids is 1. The van der Waals surface area contributed by atoms with Crippen molar-refractivity contribution in [2.24, 2.45) is 5.92 Å². The Hall–Kier alpha value is -2.07. The summed E-state index contributed by atoms with van der Waals surface area (Å²) in [6, 6.07) is 9.03. The topological polar surface area (TPSA) is 39.3 Å². The summed E-state index contributed by atoms with van der Waals surface area (Å²) in [6.07, 6.45) is 4.98. The number of allylic oxidation sites excluding steroid dienone is 1. The number of nitrogens with zero attached hydrogens (tertiary/aromatic N) is 2. The number of fused-ring (bicyclic) bond motifs is 5. The Bertz CT molecular complexity index is 833. The predicted octanol–water partition coefficient (Wildman–Crippen LogP) is 3.51. The molecule has 4 nitrogen and oxygen atoms in total. The van der Waals surface area contributed by atoms with Crippen LogP contribution in [0.15, 0.2) is 35.9 Å². The van der Waals surface area contributed by atoms with Crippen molar-refractivity contribution in [3.05, 3.63) is 47.2 Å². The van der Waals surface area contributed by atoms with Crippen LogP contribution < -0.4 is 0 Å². The van der Waals surface area contributed by atoms with Crippen molar-refractivity contribution in [1.82, 2.24) is 14.8 Å². The SMILES string of the molecule is C/C=C1/CN2CCc3c([nH]c4ccccc34)[C@@H]2C[C@@H]1CC(=O)N(C)C. The molecule has 0 radical (unpaired) electrons. The number of H-pyrrole nitrogens is 1. The number of rotatable bonds is 2. The summed E-state index contributed by atoms with van der Waals surface area (Å²) in [5.41, 5.74) is 5.53. The fourth-order valence-corrected chi connectivity index (χ4v) is 4.54. The Morgan fingerprint density at radius 3 is 2.92 bits per heavy atom. The molecule has 2 aliphatic rings. The van der Waals surface area contributed by atoms with E-state index in [1.165, 1.54) is 27.7 Å². The third-order valence-electron chi connectivity index (χ3n) is 5.98. The van der Waals surface area contributed by atoms with E-state index in [0.29, 0.717) is 18.4 Å². The second kappa shape index (κ2) is 6.34. The molecule has 2 aromatic rings. The highest BCUT2D eigenvalue weighted by atomic mass is 16.2. The number of hydrogen-bond donors (Lipinski definition) is 1. The standard InChI is InChI=1S/C21H27N3O/c1-4-14-13-24-10-9-17-16-7-5-6-8-18(16)22-21(17)19(24)11-15(14)12-20(25)23(2)3/h4-8,15,19,22H,9-13H2,1-3H3/b14-4-/t15-,19+/m1/s1. The Morgan fingerprint density at radius 1 is 1.36 bits per heavy atom. The largest absolute Gasteiger partial charge is 0.357 e. The van der Waals surface area contributed by atoms with Crippen molar-refractivity contribution in [3.8, 4) is 0 Å². The van der Waals surface area contributed by atoms with Gasteiger partial charge in [-0.15, -0.1) is 0 Å². The lowest BCUT2D eigenvalue weighted by Gasteiger charge is -2.43. The third-order valence-corrected chi connectivity index (χ3v) is 5.98. The van der Waals surface area contributed by atoms with E-state index in [4.69, 9.17) is 0 Å². The number of aromatic amines is 1. The summed E-state index contributed by atoms with van der Waals surface area (Å²) in [4.78, 5) is 20.3. The number of benzene rings is 1. The minimum absolute atomic E-state index is 0.227. The average molecular weight is 337 g/mol. The minimum Gasteiger partial charge on any atom is -0.357 e. The van der Waals surface area contributed by atoms with Crippen LogP contribution in [0.1, 0.15) is 37.1 Å². The van der Waals surface area contributed by atoms with Crippen molar-refractivity contribution in [1.29, 1.82) is 0 Å². The monoisotopic (exact) mass is 337 g/mol. The molecule has 4 rings (SSSR count). The van der Waals surface area contributed by atoms with E-state index in [1.54, 1.807) is 4.90 Å². The summed E-state index contributed by atoms with van der Waals surface area (Å²) in [5.74, 6) is 0.573. The molecule has 1 aromatic heterocycles. The summed E-state index contributed by atoms with van der Waals surface area (Å²) >= 11 is 0. The molecule has 25 heavy (non-hydrogen) atoms. The summed E-state index contributed by atoms with van der Waals surface area (Å²) in [6.45, 7) is 4.20. The van der Waals surface area contributed by atoms with Gasteiger partial charge in [0, 0.05) is 50.2 Å². The highest BCUT2D eigenvalue weighted by molar-refractivity contribution is 5.85. The van der Waals surface area contributed by atoms with Crippen LogP contribution >= 0.6 is 0 Å². The molecular weight excluding hydrogens is 310 g/mol. The van der Waals surface area contributed by atoms with Gasteiger partial charge in [0.1, 0.15) is 0 Å². The zero-order valence-electron chi connectivity index (χ0n) is 15.4. The van der Waals surface area contributed by atoms with E-state index >= 15 is 0 Å². The van der Waals surface area contributed by atoms with Crippen LogP contribution in [0.2, 0.25) is 0 Å². The molecular formula is C21H27N3O. The second-order valence-corrected chi connectivity index (χ2v) is 7.59. The summed E-state index contributed by atoms with van der Waals surface area (Å²) in [7, 11) is 3.70. The zero-order chi connectivity index (χ0) is 17.6. The first-order valence-corrected chi connectivity index (χ1v) is 9.27. The van der Waals surface area contributed by atoms with Gasteiger partial charge in [-0.25, -0.2) is 0 Å². The molecule has 2 aliphatic heterocycles. The lowest BCUT2D eigenvalue weighted by molar-refractivity contribution is -0.129. The maximum absolute atomic E-state index is 12.3. The van der Waals surface area contributed by atoms with Crippen molar-refractivity contribution in [3.63, 3.8) is 0 Å². The van der Waals surface area contributed by atoms with Gasteiger partial charge in [0.05, 0.1) is 6.04 Å². The van der Waals surface area contributed by atoms with Crippen molar-refractivity contribution >= 4 is 16.8 Å². The maximum atomic E-state index is 12.3. The zero-order valence-corrected chi connectivity index (χ0v) is 15.4. The van der Waals surface area contributed by atoms with Gasteiger partial charge in [-0.1, -0.05) is 29.8 Å². The Morgan fingerprint density at radius 2 is 2.16 bits per heavy atom. The first-order valence-electron chi connectivity index (χ1n) is 9.27. The van der Waals surface area contributed by atoms with E-state index in [0.717, 1.165) is 25.9 Å². The maximum Gasteiger partial charge on any atom is 0.222 e. The van der Waals surface area contributed by atoms with Gasteiger partial charge in [-0.3, -0.25) is 9.69 Å². The van der Waals surface area contributed by atoms with Gasteiger partial charge in [-0.2, -0.15) is 0 Å². The first kappa shape index (κ1) is 16.4. The fraction of sp³-hybridized carbons (Fsp3) is 0.476. The van der Waals surface area contributed by atoms with E-state index in [2.05, 4.69) is 47.1 Å². The number of nitrogens with one attached hydrogen (secondary N) is 1. The number of piperidine rings is 1. The van der Waals surface area contributed by atoms with Crippen molar-refractivity contribution in [2.75, 3.05) is 27.2 Å². The lowest BCUT2D eigenvalue weighted by atomic mass is 9.80. The Balaban J connectivity index is 1.67. The number of carbonyl (C=O) groups is 1. The van der Waals surface area contributed by atoms with Gasteiger partial charge < -0.3 is 9.88 Å². The van der Waals surface area contributed by atoms with Crippen LogP contribution in [-0.4, -0.2) is 47.9 Å². The molecule has 0 bridgehead atoms. The molecule has 0 unspecified atom stereocenters. The van der Waals surface area contributed by atoms with E-state index in [9.17, 15) is 4.79 Å². The molecule has 1 saturated heterocycles. The van der Waals surface area contributed by atoms with E-state index < -0.39 is 0 Å². The van der Waals surface area contributed by atoms with Crippen LogP contribution in [0.4, 0.5) is 0 Å². The average Bonchev–Trinajstić information content (AvgIpc) is 3.00. The smallest absolute Gasteiger partial charge is 0.222 e. The normalized spacial score (nSPS) is 25.0. The van der Waals surface area contributed by atoms with Crippen molar-refractivity contribution in [2.45, 2.75) is 32.2 Å². The van der Waals surface area contributed by atoms with Crippen molar-refractivity contribution < 1.29 is 4.79 Å². The Kier molecular flexibility index (Phi) is 4.16. The minimum atomic E-state index is 0.227. The first-order chi connectivity index (χ1) is 12.1. The van der Waals surface area contributed by atoms with Crippen LogP contribution in [0.5, 0.6) is 0 Å². The molecule has 0 saturated carbocycles. The number of aromatic nitrogens is 1. The van der Waals surface area contributed by atoms with Gasteiger partial charge in [0.15, 0.2) is 0 Å². The van der Waals surface area contributed by atoms with Gasteiger partial charge in [-0.05, 0) is 37.3 Å². The predicted molar refractivity (Wildman–Crippen MR) is 101 cm³/mol. The molecule has 2 atom stereocenters. The van der Waals surface area contributed by atoms with Gasteiger partial charge in [0.25, 0.3) is 0 Å². The fourth-order valence-electron chi connectivity index (χ4n) is 4.54. The van der Waals surface area contributed by atoms with Crippen LogP contribution in [0.3, 0.4) is 0 Å². The third kappa shape index (κ3) is 2.78. The number of hydrogen-bond acceptors (Lipinski definition) is 2. The highest BCUT2D eigenvalue weighted by Gasteiger charge is 2.38. The lowest BCUT2D eigenvalue weighted by Crippen LogP contribution is -2.43. The highest BCUT2D eigenvalue weighted by Crippen LogP contribution is 2.43. The van der Waals surface area contributed by atoms with E-state index in [-0.39, 0.29) is 5.91 Å². The van der Waals surface area contributed by atoms with Crippen LogP contribution in [-0.2, 0) is 11.2 Å². The molecule has 3 heterocycles. The van der Waals surface area contributed by atoms with E-state index in [1.807, 2.05) is 14.1 Å².